The molecule has 1 aliphatic heterocycles. The monoisotopic (exact) mass is 416 g/mol. The third-order valence-electron chi connectivity index (χ3n) is 4.48. The van der Waals surface area contributed by atoms with Crippen LogP contribution in [-0.2, 0) is 0 Å². The number of Topliss-reactive ketones (excluding diaryl/α,β-unsaturated/α-hetero) is 1. The smallest absolute Gasteiger partial charge is 0.318 e. The molecule has 4 rings (SSSR count). The molecule has 0 saturated carbocycles. The summed E-state index contributed by atoms with van der Waals surface area (Å²) in [6.45, 7) is 0. The molecule has 152 valence electrons. The molecule has 0 amide bonds. The van der Waals surface area contributed by atoms with Gasteiger partial charge in [0, 0.05) is 17.7 Å². The number of carbonyl (C=O) groups is 1. The van der Waals surface area contributed by atoms with Crippen molar-refractivity contribution in [1.29, 1.82) is 0 Å². The Balaban J connectivity index is 1.96. The van der Waals surface area contributed by atoms with Crippen LogP contribution in [0.4, 0.5) is 24.8 Å². The van der Waals surface area contributed by atoms with Crippen LogP contribution >= 0.6 is 0 Å². The van der Waals surface area contributed by atoms with Gasteiger partial charge in [-0.2, -0.15) is 17.9 Å². The summed E-state index contributed by atoms with van der Waals surface area (Å²) in [6, 6.07) is 11.2. The van der Waals surface area contributed by atoms with Crippen molar-refractivity contribution >= 4 is 17.4 Å². The molecule has 3 aromatic rings. The lowest BCUT2D eigenvalue weighted by atomic mass is 9.89. The van der Waals surface area contributed by atoms with Crippen molar-refractivity contribution in [2.45, 2.75) is 12.2 Å². The molecule has 0 bridgehead atoms. The molecule has 1 unspecified atom stereocenters. The summed E-state index contributed by atoms with van der Waals surface area (Å²) in [5.74, 6) is -1.32. The number of ketones is 1. The highest BCUT2D eigenvalue weighted by Crippen LogP contribution is 2.41. The van der Waals surface area contributed by atoms with E-state index in [9.17, 15) is 28.1 Å². The van der Waals surface area contributed by atoms with Gasteiger partial charge in [0.15, 0.2) is 5.78 Å². The van der Waals surface area contributed by atoms with Crippen molar-refractivity contribution in [3.8, 4) is 0 Å². The van der Waals surface area contributed by atoms with Gasteiger partial charge >= 0.3 is 6.18 Å². The number of benzene rings is 2. The van der Waals surface area contributed by atoms with E-state index in [-0.39, 0.29) is 11.5 Å². The summed E-state index contributed by atoms with van der Waals surface area (Å²) in [4.78, 5) is 23.6. The first-order valence-electron chi connectivity index (χ1n) is 8.47. The number of nitrogens with one attached hydrogen (secondary N) is 1. The van der Waals surface area contributed by atoms with E-state index in [4.69, 9.17) is 0 Å². The maximum absolute atomic E-state index is 13.9. The van der Waals surface area contributed by atoms with Crippen molar-refractivity contribution in [2.24, 2.45) is 0 Å². The molecule has 1 aliphatic rings. The van der Waals surface area contributed by atoms with E-state index >= 15 is 0 Å². The summed E-state index contributed by atoms with van der Waals surface area (Å²) in [5, 5.41) is 23.8. The highest BCUT2D eigenvalue weighted by atomic mass is 19.4. The second kappa shape index (κ2) is 7.06. The first-order chi connectivity index (χ1) is 14.3. The van der Waals surface area contributed by atoms with E-state index in [1.165, 1.54) is 24.3 Å². The molecule has 0 aliphatic carbocycles. The molecule has 30 heavy (non-hydrogen) atoms. The Morgan fingerprint density at radius 2 is 1.87 bits per heavy atom. The molecule has 2 heterocycles. The average Bonchev–Trinajstić information content (AvgIpc) is 3.20. The first-order valence-corrected chi connectivity index (χ1v) is 8.47. The van der Waals surface area contributed by atoms with Gasteiger partial charge in [0.05, 0.1) is 10.5 Å². The van der Waals surface area contributed by atoms with Crippen molar-refractivity contribution in [1.82, 2.24) is 20.2 Å². The average molecular weight is 416 g/mol. The number of hydrogen-bond acceptors (Lipinski definition) is 7. The second-order valence-corrected chi connectivity index (χ2v) is 6.31. The molecular formula is C18H11F3N6O3. The van der Waals surface area contributed by atoms with Gasteiger partial charge in [0.1, 0.15) is 11.7 Å². The number of aromatic nitrogens is 4. The number of fused-ring (bicyclic) bond motifs is 1. The third kappa shape index (κ3) is 3.27. The topological polar surface area (TPSA) is 116 Å². The molecule has 0 radical (unpaired) electrons. The number of hydrogen-bond donors (Lipinski definition) is 1. The number of rotatable bonds is 4. The largest absolute Gasteiger partial charge is 0.431 e. The third-order valence-corrected chi connectivity index (χ3v) is 4.48. The maximum atomic E-state index is 13.9. The number of tetrazole rings is 1. The predicted molar refractivity (Wildman–Crippen MR) is 96.5 cm³/mol. The van der Waals surface area contributed by atoms with Crippen LogP contribution in [0.15, 0.2) is 65.9 Å². The highest BCUT2D eigenvalue weighted by molar-refractivity contribution is 6.11. The Morgan fingerprint density at radius 3 is 2.53 bits per heavy atom. The van der Waals surface area contributed by atoms with Crippen LogP contribution in [0.25, 0.3) is 0 Å². The van der Waals surface area contributed by atoms with Gasteiger partial charge in [-0.3, -0.25) is 14.9 Å². The number of allylic oxidation sites excluding steroid dienone is 2. The molecule has 1 aromatic heterocycles. The van der Waals surface area contributed by atoms with Crippen molar-refractivity contribution in [2.75, 3.05) is 5.32 Å². The zero-order valence-corrected chi connectivity index (χ0v) is 14.9. The molecule has 0 fully saturated rings. The minimum atomic E-state index is -4.93. The van der Waals surface area contributed by atoms with Crippen LogP contribution in [0, 0.1) is 10.1 Å². The van der Waals surface area contributed by atoms with Crippen LogP contribution in [0.2, 0.25) is 0 Å². The van der Waals surface area contributed by atoms with Crippen LogP contribution in [0.5, 0.6) is 0 Å². The van der Waals surface area contributed by atoms with Crippen LogP contribution in [-0.4, -0.2) is 37.1 Å². The Kier molecular flexibility index (Phi) is 4.53. The van der Waals surface area contributed by atoms with Crippen LogP contribution in [0.1, 0.15) is 22.0 Å². The zero-order chi connectivity index (χ0) is 21.5. The van der Waals surface area contributed by atoms with Gasteiger partial charge in [0.25, 0.3) is 5.69 Å². The minimum Gasteiger partial charge on any atom is -0.318 e. The summed E-state index contributed by atoms with van der Waals surface area (Å²) < 4.78 is 42.8. The molecule has 1 N–H and O–H groups in total. The van der Waals surface area contributed by atoms with Gasteiger partial charge in [0.2, 0.25) is 5.95 Å². The van der Waals surface area contributed by atoms with E-state index in [0.717, 1.165) is 16.8 Å². The van der Waals surface area contributed by atoms with E-state index in [1.54, 1.807) is 18.2 Å². The summed E-state index contributed by atoms with van der Waals surface area (Å²) >= 11 is 0. The van der Waals surface area contributed by atoms with Gasteiger partial charge in [-0.05, 0) is 16.0 Å². The van der Waals surface area contributed by atoms with Crippen LogP contribution < -0.4 is 5.32 Å². The van der Waals surface area contributed by atoms with E-state index in [1.807, 2.05) is 0 Å². The number of halogens is 3. The quantitative estimate of drug-likeness (QED) is 0.394. The molecule has 9 nitrogen and oxygen atoms in total. The number of carbonyl (C=O) groups excluding carboxylic acids is 1. The molecular weight excluding hydrogens is 405 g/mol. The second-order valence-electron chi connectivity index (χ2n) is 6.31. The molecule has 1 atom stereocenters. The fourth-order valence-corrected chi connectivity index (χ4v) is 3.21. The van der Waals surface area contributed by atoms with Crippen molar-refractivity contribution in [3.05, 3.63) is 87.1 Å². The summed E-state index contributed by atoms with van der Waals surface area (Å²) in [7, 11) is 0. The number of anilines is 1. The Bertz CT molecular complexity index is 1170. The Hall–Kier alpha value is -4.09. The van der Waals surface area contributed by atoms with Crippen molar-refractivity contribution < 1.29 is 22.9 Å². The number of nitrogens with zero attached hydrogens (tertiary/aromatic N) is 5. The van der Waals surface area contributed by atoms with Gasteiger partial charge in [-0.25, -0.2) is 0 Å². The SMILES string of the molecule is O=C(C1=C(C(F)(F)F)Nc2nnnn2C1c1ccccc1)c1cccc([N+](=O)[O-])c1. The Labute approximate surface area is 166 Å². The lowest BCUT2D eigenvalue weighted by Crippen LogP contribution is -2.35. The van der Waals surface area contributed by atoms with Gasteiger partial charge in [-0.1, -0.05) is 47.6 Å². The molecule has 0 saturated heterocycles. The molecule has 0 spiro atoms. The number of nitro groups is 1. The Morgan fingerprint density at radius 1 is 1.13 bits per heavy atom. The zero-order valence-electron chi connectivity index (χ0n) is 14.9. The number of nitro benzene ring substituents is 1. The van der Waals surface area contributed by atoms with E-state index < -0.39 is 39.9 Å². The van der Waals surface area contributed by atoms with Gasteiger partial charge < -0.3 is 5.32 Å². The lowest BCUT2D eigenvalue weighted by Gasteiger charge is -2.29. The fourth-order valence-electron chi connectivity index (χ4n) is 3.21. The minimum absolute atomic E-state index is 0.264. The van der Waals surface area contributed by atoms with Gasteiger partial charge in [-0.15, -0.1) is 0 Å². The molecule has 12 heteroatoms. The lowest BCUT2D eigenvalue weighted by molar-refractivity contribution is -0.384. The predicted octanol–water partition coefficient (Wildman–Crippen LogP) is 3.30. The van der Waals surface area contributed by atoms with E-state index in [0.29, 0.717) is 5.56 Å². The maximum Gasteiger partial charge on any atom is 0.431 e. The summed E-state index contributed by atoms with van der Waals surface area (Å²) in [5.41, 5.74) is -2.34. The van der Waals surface area contributed by atoms with E-state index in [2.05, 4.69) is 20.8 Å². The summed E-state index contributed by atoms with van der Waals surface area (Å²) in [6.07, 6.45) is -4.93. The number of alkyl halides is 3. The number of non-ortho nitro benzene ring substituents is 1. The highest BCUT2D eigenvalue weighted by Gasteiger charge is 2.46. The first kappa shape index (κ1) is 19.2. The van der Waals surface area contributed by atoms with Crippen molar-refractivity contribution in [3.63, 3.8) is 0 Å². The van der Waals surface area contributed by atoms with Crippen LogP contribution in [0.3, 0.4) is 0 Å². The standard InChI is InChI=1S/C18H11F3N6O3/c19-18(20,21)16-13(15(28)11-7-4-8-12(9-11)27(29)30)14(10-5-2-1-3-6-10)26-17(22-16)23-24-25-26/h1-9,14H,(H,22,23,25). The fraction of sp³-hybridized carbons (Fsp3) is 0.111. The molecule has 2 aromatic carbocycles. The normalized spacial score (nSPS) is 16.0.